The Hall–Kier alpha value is -2.71. The average Bonchev–Trinajstić information content (AvgIpc) is 2.59. The van der Waals surface area contributed by atoms with Gasteiger partial charge in [0, 0.05) is 24.4 Å². The Kier molecular flexibility index (Phi) is 5.03. The SMILES string of the molecule is Cc1cc(C2=NC(C)(C)N(C)c3c2ccc(OC(F)F)c3F)cnc1C(F)F. The van der Waals surface area contributed by atoms with Crippen molar-refractivity contribution >= 4 is 11.4 Å². The van der Waals surface area contributed by atoms with Crippen LogP contribution in [0.1, 0.15) is 42.7 Å². The molecule has 0 bridgehead atoms. The van der Waals surface area contributed by atoms with Gasteiger partial charge < -0.3 is 9.64 Å². The van der Waals surface area contributed by atoms with Gasteiger partial charge in [0.1, 0.15) is 11.4 Å². The molecule has 28 heavy (non-hydrogen) atoms. The molecule has 0 aliphatic carbocycles. The fourth-order valence-electron chi connectivity index (χ4n) is 3.10. The van der Waals surface area contributed by atoms with Crippen LogP contribution in [0.2, 0.25) is 0 Å². The summed E-state index contributed by atoms with van der Waals surface area (Å²) in [5, 5.41) is 0. The first kappa shape index (κ1) is 20.0. The van der Waals surface area contributed by atoms with Crippen molar-refractivity contribution < 1.29 is 26.7 Å². The minimum Gasteiger partial charge on any atom is -0.432 e. The first-order valence-electron chi connectivity index (χ1n) is 8.39. The van der Waals surface area contributed by atoms with Crippen molar-refractivity contribution in [3.63, 3.8) is 0 Å². The van der Waals surface area contributed by atoms with Gasteiger partial charge in [-0.1, -0.05) is 0 Å². The molecule has 0 unspecified atom stereocenters. The van der Waals surface area contributed by atoms with Crippen LogP contribution in [0.4, 0.5) is 27.6 Å². The lowest BCUT2D eigenvalue weighted by molar-refractivity contribution is -0.0521. The van der Waals surface area contributed by atoms with Crippen molar-refractivity contribution in [1.82, 2.24) is 4.98 Å². The van der Waals surface area contributed by atoms with Crippen LogP contribution < -0.4 is 9.64 Å². The number of hydrogen-bond acceptors (Lipinski definition) is 4. The number of halogens is 5. The van der Waals surface area contributed by atoms with Gasteiger partial charge in [0.15, 0.2) is 11.6 Å². The number of pyridine rings is 1. The van der Waals surface area contributed by atoms with E-state index < -0.39 is 30.3 Å². The Labute approximate surface area is 158 Å². The predicted molar refractivity (Wildman–Crippen MR) is 95.1 cm³/mol. The number of hydrogen-bond donors (Lipinski definition) is 0. The molecule has 1 aromatic carbocycles. The standard InChI is InChI=1S/C19H18F5N3O/c1-9-7-10(8-25-14(9)17(21)22)15-11-5-6-12(28-18(23)24)13(20)16(11)27(4)19(2,3)26-15/h5-8,17-18H,1-4H3. The predicted octanol–water partition coefficient (Wildman–Crippen LogP) is 5.09. The molecule has 4 nitrogen and oxygen atoms in total. The van der Waals surface area contributed by atoms with Crippen LogP contribution >= 0.6 is 0 Å². The van der Waals surface area contributed by atoms with Crippen LogP contribution in [-0.4, -0.2) is 30.0 Å². The van der Waals surface area contributed by atoms with Gasteiger partial charge in [-0.15, -0.1) is 0 Å². The number of nitrogens with zero attached hydrogens (tertiary/aromatic N) is 3. The van der Waals surface area contributed by atoms with Gasteiger partial charge in [0.2, 0.25) is 0 Å². The van der Waals surface area contributed by atoms with Crippen LogP contribution in [0, 0.1) is 12.7 Å². The molecule has 0 spiro atoms. The first-order chi connectivity index (χ1) is 13.0. The highest BCUT2D eigenvalue weighted by Gasteiger charge is 2.35. The summed E-state index contributed by atoms with van der Waals surface area (Å²) in [6, 6.07) is 4.01. The molecule has 0 fully saturated rings. The highest BCUT2D eigenvalue weighted by molar-refractivity contribution is 6.17. The summed E-state index contributed by atoms with van der Waals surface area (Å²) in [5.41, 5.74) is 0.108. The molecular weight excluding hydrogens is 381 g/mol. The molecule has 0 atom stereocenters. The zero-order valence-corrected chi connectivity index (χ0v) is 15.6. The second-order valence-electron chi connectivity index (χ2n) is 6.89. The van der Waals surface area contributed by atoms with Gasteiger partial charge in [-0.3, -0.25) is 9.98 Å². The number of alkyl halides is 4. The van der Waals surface area contributed by atoms with Gasteiger partial charge in [-0.2, -0.15) is 8.78 Å². The van der Waals surface area contributed by atoms with E-state index in [1.165, 1.54) is 30.2 Å². The van der Waals surface area contributed by atoms with Crippen molar-refractivity contribution in [2.24, 2.45) is 4.99 Å². The van der Waals surface area contributed by atoms with Crippen LogP contribution in [0.3, 0.4) is 0 Å². The molecule has 0 N–H and O–H groups in total. The van der Waals surface area contributed by atoms with Crippen LogP contribution in [0.15, 0.2) is 29.4 Å². The smallest absolute Gasteiger partial charge is 0.387 e. The fourth-order valence-corrected chi connectivity index (χ4v) is 3.10. The van der Waals surface area contributed by atoms with Gasteiger partial charge in [0.25, 0.3) is 6.43 Å². The third-order valence-corrected chi connectivity index (χ3v) is 4.69. The molecule has 2 aromatic rings. The third-order valence-electron chi connectivity index (χ3n) is 4.69. The van der Waals surface area contributed by atoms with Gasteiger partial charge in [-0.05, 0) is 44.5 Å². The van der Waals surface area contributed by atoms with E-state index in [0.29, 0.717) is 16.8 Å². The average molecular weight is 399 g/mol. The van der Waals surface area contributed by atoms with Gasteiger partial charge >= 0.3 is 6.61 Å². The third kappa shape index (κ3) is 3.41. The number of fused-ring (bicyclic) bond motifs is 1. The molecule has 0 radical (unpaired) electrons. The molecule has 9 heteroatoms. The van der Waals surface area contributed by atoms with Crippen molar-refractivity contribution in [3.8, 4) is 5.75 Å². The van der Waals surface area contributed by atoms with Gasteiger partial charge in [-0.25, -0.2) is 13.2 Å². The fraction of sp³-hybridized carbons (Fsp3) is 0.368. The summed E-state index contributed by atoms with van der Waals surface area (Å²) < 4.78 is 70.4. The monoisotopic (exact) mass is 399 g/mol. The maximum absolute atomic E-state index is 15.0. The van der Waals surface area contributed by atoms with Crippen molar-refractivity contribution in [2.75, 3.05) is 11.9 Å². The van der Waals surface area contributed by atoms with E-state index in [-0.39, 0.29) is 16.9 Å². The quantitative estimate of drug-likeness (QED) is 0.672. The summed E-state index contributed by atoms with van der Waals surface area (Å²) in [7, 11) is 1.58. The number of benzene rings is 1. The maximum atomic E-state index is 15.0. The molecule has 1 aliphatic heterocycles. The second kappa shape index (κ2) is 7.03. The van der Waals surface area contributed by atoms with E-state index in [1.54, 1.807) is 20.9 Å². The lowest BCUT2D eigenvalue weighted by atomic mass is 9.94. The highest BCUT2D eigenvalue weighted by Crippen LogP contribution is 2.40. The Balaban J connectivity index is 2.19. The topological polar surface area (TPSA) is 37.7 Å². The zero-order chi connectivity index (χ0) is 20.8. The molecule has 1 aliphatic rings. The van der Waals surface area contributed by atoms with E-state index >= 15 is 0 Å². The van der Waals surface area contributed by atoms with Crippen LogP contribution in [0.5, 0.6) is 5.75 Å². The van der Waals surface area contributed by atoms with Crippen LogP contribution in [0.25, 0.3) is 0 Å². The summed E-state index contributed by atoms with van der Waals surface area (Å²) >= 11 is 0. The summed E-state index contributed by atoms with van der Waals surface area (Å²) in [5.74, 6) is -1.53. The number of rotatable bonds is 4. The minimum absolute atomic E-state index is 0.0312. The minimum atomic E-state index is -3.17. The molecule has 2 heterocycles. The molecule has 0 saturated heterocycles. The summed E-state index contributed by atoms with van der Waals surface area (Å²) in [6.07, 6.45) is -1.47. The van der Waals surface area contributed by atoms with E-state index in [9.17, 15) is 22.0 Å². The number of aryl methyl sites for hydroxylation is 1. The molecule has 0 saturated carbocycles. The normalized spacial score (nSPS) is 15.7. The molecule has 0 amide bonds. The number of ether oxygens (including phenoxy) is 1. The Bertz CT molecular complexity index is 943. The van der Waals surface area contributed by atoms with Crippen molar-refractivity contribution in [2.45, 2.75) is 39.5 Å². The number of aromatic nitrogens is 1. The lowest BCUT2D eigenvalue weighted by Crippen LogP contribution is -2.44. The summed E-state index contributed by atoms with van der Waals surface area (Å²) in [6.45, 7) is 1.75. The van der Waals surface area contributed by atoms with Crippen LogP contribution in [-0.2, 0) is 0 Å². The second-order valence-corrected chi connectivity index (χ2v) is 6.89. The van der Waals surface area contributed by atoms with Crippen molar-refractivity contribution in [3.05, 3.63) is 52.6 Å². The number of aliphatic imine (C=N–C) groups is 1. The van der Waals surface area contributed by atoms with E-state index in [4.69, 9.17) is 0 Å². The largest absolute Gasteiger partial charge is 0.432 e. The highest BCUT2D eigenvalue weighted by atomic mass is 19.3. The Morgan fingerprint density at radius 3 is 2.39 bits per heavy atom. The van der Waals surface area contributed by atoms with E-state index in [0.717, 1.165) is 6.07 Å². The van der Waals surface area contributed by atoms with E-state index in [2.05, 4.69) is 14.7 Å². The van der Waals surface area contributed by atoms with Gasteiger partial charge in [0.05, 0.1) is 11.4 Å². The van der Waals surface area contributed by atoms with Crippen molar-refractivity contribution in [1.29, 1.82) is 0 Å². The lowest BCUT2D eigenvalue weighted by Gasteiger charge is -2.40. The number of anilines is 1. The molecule has 150 valence electrons. The Morgan fingerprint density at radius 2 is 1.82 bits per heavy atom. The molecule has 1 aromatic heterocycles. The first-order valence-corrected chi connectivity index (χ1v) is 8.39. The Morgan fingerprint density at radius 1 is 1.14 bits per heavy atom. The molecule has 3 rings (SSSR count). The molecular formula is C19H18F5N3O. The zero-order valence-electron chi connectivity index (χ0n) is 15.6. The van der Waals surface area contributed by atoms with E-state index in [1.807, 2.05) is 0 Å². The summed E-state index contributed by atoms with van der Waals surface area (Å²) in [4.78, 5) is 9.93. The maximum Gasteiger partial charge on any atom is 0.387 e.